The molecule has 0 fully saturated rings. The third-order valence-electron chi connectivity index (χ3n) is 2.92. The van der Waals surface area contributed by atoms with E-state index >= 15 is 0 Å². The van der Waals surface area contributed by atoms with Crippen LogP contribution in [0.3, 0.4) is 0 Å². The molecule has 11 heteroatoms. The molecule has 0 bridgehead atoms. The minimum absolute atomic E-state index is 0.457. The first-order valence-corrected chi connectivity index (χ1v) is 9.92. The minimum Gasteiger partial charge on any atom is -0.276 e. The second-order valence-electron chi connectivity index (χ2n) is 4.52. The molecule has 2 rings (SSSR count). The lowest BCUT2D eigenvalue weighted by Gasteiger charge is -2.10. The van der Waals surface area contributed by atoms with Gasteiger partial charge in [-0.05, 0) is 47.5 Å². The lowest BCUT2D eigenvalue weighted by Crippen LogP contribution is -2.17. The fourth-order valence-corrected chi connectivity index (χ4v) is 5.21. The van der Waals surface area contributed by atoms with Gasteiger partial charge in [0.1, 0.15) is 9.79 Å². The summed E-state index contributed by atoms with van der Waals surface area (Å²) in [7, 11) is -9.86. The van der Waals surface area contributed by atoms with E-state index in [0.29, 0.717) is 0 Å². The Morgan fingerprint density at radius 2 is 1.00 bits per heavy atom. The van der Waals surface area contributed by atoms with E-state index in [2.05, 4.69) is 3.63 Å². The van der Waals surface area contributed by atoms with Crippen LogP contribution in [0.5, 0.6) is 0 Å². The SMILES string of the molecule is O=C(Cl)c1ccccc1S(=O)(=O)OS(=O)(=O)c1ccccc1C(=O)Cl. The average Bonchev–Trinajstić information content (AvgIpc) is 2.54. The van der Waals surface area contributed by atoms with E-state index in [1.807, 2.05) is 0 Å². The van der Waals surface area contributed by atoms with Gasteiger partial charge in [0, 0.05) is 0 Å². The summed E-state index contributed by atoms with van der Waals surface area (Å²) in [5.74, 6) is 0. The summed E-state index contributed by atoms with van der Waals surface area (Å²) >= 11 is 10.6. The highest BCUT2D eigenvalue weighted by atomic mass is 35.5. The van der Waals surface area contributed by atoms with Crippen LogP contribution in [0.1, 0.15) is 20.7 Å². The van der Waals surface area contributed by atoms with Gasteiger partial charge in [-0.25, -0.2) is 0 Å². The highest BCUT2D eigenvalue weighted by Gasteiger charge is 2.32. The van der Waals surface area contributed by atoms with Crippen LogP contribution < -0.4 is 0 Å². The van der Waals surface area contributed by atoms with E-state index in [0.717, 1.165) is 24.3 Å². The smallest absolute Gasteiger partial charge is 0.276 e. The van der Waals surface area contributed by atoms with Gasteiger partial charge in [-0.15, -0.1) is 3.63 Å². The Balaban J connectivity index is 2.56. The first-order chi connectivity index (χ1) is 11.6. The molecule has 0 aliphatic rings. The van der Waals surface area contributed by atoms with Crippen molar-refractivity contribution in [3.63, 3.8) is 0 Å². The zero-order valence-electron chi connectivity index (χ0n) is 12.0. The van der Waals surface area contributed by atoms with Crippen molar-refractivity contribution in [2.45, 2.75) is 9.79 Å². The minimum atomic E-state index is -4.93. The molecule has 0 radical (unpaired) electrons. The molecule has 132 valence electrons. The number of halogens is 2. The van der Waals surface area contributed by atoms with E-state index in [4.69, 9.17) is 23.2 Å². The van der Waals surface area contributed by atoms with E-state index in [1.54, 1.807) is 0 Å². The zero-order valence-corrected chi connectivity index (χ0v) is 15.2. The standard InChI is InChI=1S/C14H8Cl2O7S2/c15-13(17)9-5-1-3-7-11(9)24(19,20)23-25(21,22)12-8-4-2-6-10(12)14(16)18/h1-8H. The summed E-state index contributed by atoms with van der Waals surface area (Å²) < 4.78 is 53.5. The van der Waals surface area contributed by atoms with Gasteiger partial charge in [-0.1, -0.05) is 24.3 Å². The molecule has 0 unspecified atom stereocenters. The van der Waals surface area contributed by atoms with Crippen LogP contribution in [0.2, 0.25) is 0 Å². The predicted molar refractivity (Wildman–Crippen MR) is 88.7 cm³/mol. The number of rotatable bonds is 6. The van der Waals surface area contributed by atoms with Crippen molar-refractivity contribution in [3.8, 4) is 0 Å². The van der Waals surface area contributed by atoms with Crippen LogP contribution in [0, 0.1) is 0 Å². The molecule has 7 nitrogen and oxygen atoms in total. The van der Waals surface area contributed by atoms with Gasteiger partial charge in [0.2, 0.25) is 0 Å². The van der Waals surface area contributed by atoms with Crippen LogP contribution in [0.4, 0.5) is 0 Å². The Hall–Kier alpha value is -1.78. The molecule has 0 spiro atoms. The predicted octanol–water partition coefficient (Wildman–Crippen LogP) is 2.54. The summed E-state index contributed by atoms with van der Waals surface area (Å²) in [6.45, 7) is 0. The summed E-state index contributed by atoms with van der Waals surface area (Å²) in [6, 6.07) is 9.28. The highest BCUT2D eigenvalue weighted by Crippen LogP contribution is 2.26. The lowest BCUT2D eigenvalue weighted by atomic mass is 10.2. The third kappa shape index (κ3) is 4.25. The third-order valence-corrected chi connectivity index (χ3v) is 6.55. The first kappa shape index (κ1) is 19.5. The maximum absolute atomic E-state index is 12.3. The maximum Gasteiger partial charge on any atom is 0.312 e. The van der Waals surface area contributed by atoms with Gasteiger partial charge in [0.05, 0.1) is 11.1 Å². The summed E-state index contributed by atoms with van der Waals surface area (Å²) in [5.41, 5.74) is -0.915. The van der Waals surface area contributed by atoms with Gasteiger partial charge in [-0.2, -0.15) is 16.8 Å². The van der Waals surface area contributed by atoms with Crippen LogP contribution in [0.25, 0.3) is 0 Å². The fraction of sp³-hybridized carbons (Fsp3) is 0. The van der Waals surface area contributed by atoms with E-state index in [1.165, 1.54) is 24.3 Å². The van der Waals surface area contributed by atoms with Crippen LogP contribution in [0.15, 0.2) is 58.3 Å². The summed E-state index contributed by atoms with van der Waals surface area (Å²) in [6.07, 6.45) is 0. The maximum atomic E-state index is 12.3. The normalized spacial score (nSPS) is 11.9. The second kappa shape index (κ2) is 7.22. The van der Waals surface area contributed by atoms with E-state index in [-0.39, 0.29) is 0 Å². The largest absolute Gasteiger partial charge is 0.312 e. The van der Waals surface area contributed by atoms with Gasteiger partial charge in [0.25, 0.3) is 10.5 Å². The van der Waals surface area contributed by atoms with Crippen molar-refractivity contribution in [2.75, 3.05) is 0 Å². The van der Waals surface area contributed by atoms with Gasteiger partial charge < -0.3 is 0 Å². The van der Waals surface area contributed by atoms with Crippen LogP contribution >= 0.6 is 23.2 Å². The number of carbonyl (C=O) groups is 2. The monoisotopic (exact) mass is 422 g/mol. The van der Waals surface area contributed by atoms with E-state index in [9.17, 15) is 26.4 Å². The quantitative estimate of drug-likeness (QED) is 0.657. The topological polar surface area (TPSA) is 112 Å². The number of hydrogen-bond donors (Lipinski definition) is 0. The van der Waals surface area contributed by atoms with Crippen molar-refractivity contribution < 1.29 is 30.1 Å². The molecular formula is C14H8Cl2O7S2. The van der Waals surface area contributed by atoms with Crippen molar-refractivity contribution in [1.29, 1.82) is 0 Å². The molecule has 0 heterocycles. The number of carbonyl (C=O) groups excluding carboxylic acids is 2. The second-order valence-corrected chi connectivity index (χ2v) is 8.44. The van der Waals surface area contributed by atoms with E-state index < -0.39 is 51.6 Å². The van der Waals surface area contributed by atoms with Crippen LogP contribution in [-0.4, -0.2) is 27.3 Å². The van der Waals surface area contributed by atoms with Gasteiger partial charge in [0.15, 0.2) is 0 Å². The van der Waals surface area contributed by atoms with Crippen molar-refractivity contribution in [2.24, 2.45) is 0 Å². The molecule has 2 aromatic rings. The molecule has 0 amide bonds. The molecular weight excluding hydrogens is 415 g/mol. The summed E-state index contributed by atoms with van der Waals surface area (Å²) in [4.78, 5) is 21.2. The molecule has 2 aromatic carbocycles. The molecule has 0 aliphatic carbocycles. The molecule has 0 saturated carbocycles. The molecule has 0 saturated heterocycles. The van der Waals surface area contributed by atoms with Gasteiger partial charge >= 0.3 is 20.2 Å². The Labute approximate surface area is 153 Å². The average molecular weight is 423 g/mol. The molecule has 0 atom stereocenters. The number of hydrogen-bond acceptors (Lipinski definition) is 7. The molecule has 0 aromatic heterocycles. The van der Waals surface area contributed by atoms with Crippen LogP contribution in [-0.2, 0) is 23.9 Å². The highest BCUT2D eigenvalue weighted by molar-refractivity contribution is 8.00. The van der Waals surface area contributed by atoms with Crippen molar-refractivity contribution >= 4 is 53.9 Å². The Morgan fingerprint density at radius 3 is 1.32 bits per heavy atom. The Kier molecular flexibility index (Phi) is 5.65. The Bertz CT molecular complexity index is 975. The zero-order chi connectivity index (χ0) is 18.8. The molecule has 25 heavy (non-hydrogen) atoms. The fourth-order valence-electron chi connectivity index (χ4n) is 1.89. The molecule has 0 aliphatic heterocycles. The number of benzene rings is 2. The van der Waals surface area contributed by atoms with Gasteiger partial charge in [-0.3, -0.25) is 9.59 Å². The summed E-state index contributed by atoms with van der Waals surface area (Å²) in [5, 5.41) is -2.23. The first-order valence-electron chi connectivity index (χ1n) is 6.35. The Morgan fingerprint density at radius 1 is 0.680 bits per heavy atom. The van der Waals surface area contributed by atoms with Crippen molar-refractivity contribution in [1.82, 2.24) is 0 Å². The molecule has 0 N–H and O–H groups in total. The lowest BCUT2D eigenvalue weighted by molar-refractivity contribution is 0.107. The van der Waals surface area contributed by atoms with Crippen molar-refractivity contribution in [3.05, 3.63) is 59.7 Å².